The summed E-state index contributed by atoms with van der Waals surface area (Å²) in [5.41, 5.74) is 7.76. The van der Waals surface area contributed by atoms with E-state index in [0.717, 1.165) is 43.1 Å². The number of aliphatic hydroxyl groups excluding tert-OH is 1. The molecule has 1 saturated heterocycles. The van der Waals surface area contributed by atoms with Gasteiger partial charge < -0.3 is 15.6 Å². The Balaban J connectivity index is 2.07. The number of nitrogen functional groups attached to an aromatic ring is 1. The zero-order valence-corrected chi connectivity index (χ0v) is 11.8. The van der Waals surface area contributed by atoms with E-state index in [9.17, 15) is 5.11 Å². The van der Waals surface area contributed by atoms with Crippen LogP contribution in [0.15, 0.2) is 18.2 Å². The summed E-state index contributed by atoms with van der Waals surface area (Å²) in [6.45, 7) is 7.41. The Bertz CT molecular complexity index is 423. The summed E-state index contributed by atoms with van der Waals surface area (Å²) in [5.74, 6) is 1.24. The number of ether oxygens (including phenoxy) is 1. The monoisotopic (exact) mass is 264 g/mol. The Labute approximate surface area is 115 Å². The molecule has 2 unspecified atom stereocenters. The van der Waals surface area contributed by atoms with E-state index < -0.39 is 0 Å². The summed E-state index contributed by atoms with van der Waals surface area (Å²) >= 11 is 0. The topological polar surface area (TPSA) is 58.7 Å². The van der Waals surface area contributed by atoms with E-state index in [1.807, 2.05) is 25.1 Å². The average Bonchev–Trinajstić information content (AvgIpc) is 2.37. The van der Waals surface area contributed by atoms with Gasteiger partial charge in [-0.2, -0.15) is 0 Å². The van der Waals surface area contributed by atoms with Crippen LogP contribution in [-0.4, -0.2) is 35.8 Å². The molecule has 0 aromatic heterocycles. The van der Waals surface area contributed by atoms with Gasteiger partial charge >= 0.3 is 0 Å². The van der Waals surface area contributed by atoms with Crippen molar-refractivity contribution in [1.82, 2.24) is 4.90 Å². The molecule has 1 aliphatic rings. The lowest BCUT2D eigenvalue weighted by atomic mass is 9.96. The second-order valence-electron chi connectivity index (χ2n) is 5.37. The van der Waals surface area contributed by atoms with E-state index in [-0.39, 0.29) is 6.10 Å². The van der Waals surface area contributed by atoms with Gasteiger partial charge in [-0.05, 0) is 37.5 Å². The van der Waals surface area contributed by atoms with Crippen LogP contribution in [0.5, 0.6) is 5.75 Å². The van der Waals surface area contributed by atoms with E-state index in [1.165, 1.54) is 0 Å². The van der Waals surface area contributed by atoms with Gasteiger partial charge in [0.25, 0.3) is 0 Å². The normalized spacial score (nSPS) is 24.4. The van der Waals surface area contributed by atoms with Crippen molar-refractivity contribution in [2.75, 3.05) is 25.4 Å². The third-order valence-electron chi connectivity index (χ3n) is 3.72. The second-order valence-corrected chi connectivity index (χ2v) is 5.37. The first kappa shape index (κ1) is 14.2. The Morgan fingerprint density at radius 3 is 2.95 bits per heavy atom. The molecule has 106 valence electrons. The predicted molar refractivity (Wildman–Crippen MR) is 77.1 cm³/mol. The van der Waals surface area contributed by atoms with Crippen LogP contribution in [0.2, 0.25) is 0 Å². The summed E-state index contributed by atoms with van der Waals surface area (Å²) in [7, 11) is 0. The molecule has 1 fully saturated rings. The molecular weight excluding hydrogens is 240 g/mol. The molecular formula is C15H24N2O2. The summed E-state index contributed by atoms with van der Waals surface area (Å²) in [4.78, 5) is 2.36. The molecule has 1 aromatic carbocycles. The van der Waals surface area contributed by atoms with Crippen LogP contribution < -0.4 is 10.5 Å². The van der Waals surface area contributed by atoms with Gasteiger partial charge in [-0.1, -0.05) is 6.92 Å². The lowest BCUT2D eigenvalue weighted by molar-refractivity contribution is 0.0317. The minimum atomic E-state index is -0.163. The zero-order valence-electron chi connectivity index (χ0n) is 11.8. The molecule has 1 aromatic rings. The SMILES string of the molecule is CCOc1ccc(N)cc1CN1CCC(O)C(C)C1. The first-order chi connectivity index (χ1) is 9.10. The smallest absolute Gasteiger partial charge is 0.123 e. The molecule has 2 atom stereocenters. The summed E-state index contributed by atoms with van der Waals surface area (Å²) in [5, 5.41) is 9.77. The minimum Gasteiger partial charge on any atom is -0.494 e. The highest BCUT2D eigenvalue weighted by atomic mass is 16.5. The molecule has 3 N–H and O–H groups in total. The van der Waals surface area contributed by atoms with Crippen molar-refractivity contribution in [3.63, 3.8) is 0 Å². The number of anilines is 1. The van der Waals surface area contributed by atoms with E-state index in [4.69, 9.17) is 10.5 Å². The van der Waals surface area contributed by atoms with Crippen LogP contribution in [0.3, 0.4) is 0 Å². The maximum absolute atomic E-state index is 9.77. The molecule has 1 aliphatic heterocycles. The van der Waals surface area contributed by atoms with E-state index in [0.29, 0.717) is 12.5 Å². The summed E-state index contributed by atoms with van der Waals surface area (Å²) < 4.78 is 5.65. The number of hydrogen-bond donors (Lipinski definition) is 2. The van der Waals surface area contributed by atoms with Gasteiger partial charge in [0.1, 0.15) is 5.75 Å². The number of hydrogen-bond acceptors (Lipinski definition) is 4. The maximum Gasteiger partial charge on any atom is 0.123 e. The van der Waals surface area contributed by atoms with Gasteiger partial charge in [0.2, 0.25) is 0 Å². The largest absolute Gasteiger partial charge is 0.494 e. The van der Waals surface area contributed by atoms with Crippen LogP contribution >= 0.6 is 0 Å². The van der Waals surface area contributed by atoms with Gasteiger partial charge in [-0.15, -0.1) is 0 Å². The molecule has 0 aliphatic carbocycles. The Morgan fingerprint density at radius 2 is 2.26 bits per heavy atom. The molecule has 4 heteroatoms. The quantitative estimate of drug-likeness (QED) is 0.815. The van der Waals surface area contributed by atoms with Crippen molar-refractivity contribution in [1.29, 1.82) is 0 Å². The fourth-order valence-electron chi connectivity index (χ4n) is 2.62. The van der Waals surface area contributed by atoms with Crippen molar-refractivity contribution in [3.05, 3.63) is 23.8 Å². The van der Waals surface area contributed by atoms with Gasteiger partial charge in [-0.25, -0.2) is 0 Å². The second kappa shape index (κ2) is 6.26. The van der Waals surface area contributed by atoms with Crippen LogP contribution in [-0.2, 0) is 6.54 Å². The van der Waals surface area contributed by atoms with Crippen molar-refractivity contribution < 1.29 is 9.84 Å². The minimum absolute atomic E-state index is 0.163. The number of nitrogens with two attached hydrogens (primary N) is 1. The van der Waals surface area contributed by atoms with Crippen LogP contribution in [0.4, 0.5) is 5.69 Å². The van der Waals surface area contributed by atoms with Gasteiger partial charge in [0.05, 0.1) is 12.7 Å². The van der Waals surface area contributed by atoms with Crippen molar-refractivity contribution in [2.24, 2.45) is 5.92 Å². The highest BCUT2D eigenvalue weighted by Crippen LogP contribution is 2.25. The van der Waals surface area contributed by atoms with Crippen molar-refractivity contribution in [3.8, 4) is 5.75 Å². The Morgan fingerprint density at radius 1 is 1.47 bits per heavy atom. The lowest BCUT2D eigenvalue weighted by Gasteiger charge is -2.34. The number of rotatable bonds is 4. The Hall–Kier alpha value is -1.26. The number of benzene rings is 1. The van der Waals surface area contributed by atoms with Crippen LogP contribution in [0.25, 0.3) is 0 Å². The number of nitrogens with zero attached hydrogens (tertiary/aromatic N) is 1. The Kier molecular flexibility index (Phi) is 4.66. The fraction of sp³-hybridized carbons (Fsp3) is 0.600. The third kappa shape index (κ3) is 3.61. The molecule has 4 nitrogen and oxygen atoms in total. The highest BCUT2D eigenvalue weighted by molar-refractivity contribution is 5.47. The first-order valence-corrected chi connectivity index (χ1v) is 7.01. The van der Waals surface area contributed by atoms with Gasteiger partial charge in [0, 0.05) is 30.9 Å². The van der Waals surface area contributed by atoms with Crippen molar-refractivity contribution in [2.45, 2.75) is 32.9 Å². The summed E-state index contributed by atoms with van der Waals surface area (Å²) in [6, 6.07) is 5.80. The number of aliphatic hydroxyl groups is 1. The van der Waals surface area contributed by atoms with E-state index in [1.54, 1.807) is 0 Å². The maximum atomic E-state index is 9.77. The molecule has 0 amide bonds. The molecule has 0 saturated carbocycles. The molecule has 1 heterocycles. The number of likely N-dealkylation sites (tertiary alicyclic amines) is 1. The predicted octanol–water partition coefficient (Wildman–Crippen LogP) is 1.87. The van der Waals surface area contributed by atoms with Gasteiger partial charge in [-0.3, -0.25) is 4.90 Å². The molecule has 0 radical (unpaired) electrons. The molecule has 0 bridgehead atoms. The lowest BCUT2D eigenvalue weighted by Crippen LogP contribution is -2.41. The highest BCUT2D eigenvalue weighted by Gasteiger charge is 2.24. The first-order valence-electron chi connectivity index (χ1n) is 7.01. The van der Waals surface area contributed by atoms with Crippen molar-refractivity contribution >= 4 is 5.69 Å². The van der Waals surface area contributed by atoms with Crippen LogP contribution in [0, 0.1) is 5.92 Å². The summed E-state index contributed by atoms with van der Waals surface area (Å²) in [6.07, 6.45) is 0.677. The molecule has 2 rings (SSSR count). The van der Waals surface area contributed by atoms with E-state index >= 15 is 0 Å². The molecule has 19 heavy (non-hydrogen) atoms. The zero-order chi connectivity index (χ0) is 13.8. The van der Waals surface area contributed by atoms with E-state index in [2.05, 4.69) is 11.8 Å². The third-order valence-corrected chi connectivity index (χ3v) is 3.72. The van der Waals surface area contributed by atoms with Gasteiger partial charge in [0.15, 0.2) is 0 Å². The van der Waals surface area contributed by atoms with Crippen LogP contribution in [0.1, 0.15) is 25.8 Å². The average molecular weight is 264 g/mol. The fourth-order valence-corrected chi connectivity index (χ4v) is 2.62. The number of piperidine rings is 1. The molecule has 0 spiro atoms. The standard InChI is InChI=1S/C15H24N2O2/c1-3-19-15-5-4-13(16)8-12(15)10-17-7-6-14(18)11(2)9-17/h4-5,8,11,14,18H,3,6-7,9-10,16H2,1-2H3.